The Morgan fingerprint density at radius 2 is 1.68 bits per heavy atom. The van der Waals surface area contributed by atoms with Gasteiger partial charge >= 0.3 is 0 Å². The van der Waals surface area contributed by atoms with E-state index < -0.39 is 0 Å². The largest absolute Gasteiger partial charge is 0.298 e. The minimum atomic E-state index is 0.426. The number of rotatable bonds is 4. The van der Waals surface area contributed by atoms with Gasteiger partial charge in [-0.3, -0.25) is 4.90 Å². The van der Waals surface area contributed by atoms with Gasteiger partial charge in [0, 0.05) is 18.7 Å². The van der Waals surface area contributed by atoms with Crippen LogP contribution in [0.4, 0.5) is 0 Å². The zero-order valence-corrected chi connectivity index (χ0v) is 12.5. The Labute approximate surface area is 124 Å². The molecule has 0 N–H and O–H groups in total. The molecule has 2 nitrogen and oxygen atoms in total. The van der Waals surface area contributed by atoms with Gasteiger partial charge in [-0.2, -0.15) is 0 Å². The van der Waals surface area contributed by atoms with E-state index in [1.54, 1.807) is 6.07 Å². The van der Waals surface area contributed by atoms with Crippen molar-refractivity contribution in [3.63, 3.8) is 0 Å². The number of benzene rings is 1. The predicted molar refractivity (Wildman–Crippen MR) is 80.6 cm³/mol. The van der Waals surface area contributed by atoms with Crippen LogP contribution in [0, 0.1) is 6.92 Å². The Morgan fingerprint density at radius 1 is 1.00 bits per heavy atom. The van der Waals surface area contributed by atoms with Gasteiger partial charge in [0.25, 0.3) is 0 Å². The first-order valence-corrected chi connectivity index (χ1v) is 6.85. The number of hydrogen-bond acceptors (Lipinski definition) is 2. The molecule has 2 rings (SSSR count). The van der Waals surface area contributed by atoms with E-state index in [-0.39, 0.29) is 0 Å². The molecule has 2 aromatic rings. The summed E-state index contributed by atoms with van der Waals surface area (Å²) < 4.78 is 0. The van der Waals surface area contributed by atoms with E-state index >= 15 is 0 Å². The lowest BCUT2D eigenvalue weighted by Gasteiger charge is -2.17. The van der Waals surface area contributed by atoms with Gasteiger partial charge in [0.15, 0.2) is 0 Å². The molecule has 0 aliphatic carbocycles. The minimum Gasteiger partial charge on any atom is -0.298 e. The highest BCUT2D eigenvalue weighted by Crippen LogP contribution is 2.18. The van der Waals surface area contributed by atoms with Crippen molar-refractivity contribution in [3.05, 3.63) is 63.4 Å². The molecule has 0 radical (unpaired) electrons. The highest BCUT2D eigenvalue weighted by Gasteiger charge is 2.07. The van der Waals surface area contributed by atoms with Crippen LogP contribution in [0.5, 0.6) is 0 Å². The maximum Gasteiger partial charge on any atom is 0.135 e. The summed E-state index contributed by atoms with van der Waals surface area (Å²) in [5.41, 5.74) is 3.54. The van der Waals surface area contributed by atoms with Gasteiger partial charge in [0.05, 0.1) is 0 Å². The van der Waals surface area contributed by atoms with Crippen LogP contribution in [0.2, 0.25) is 10.3 Å². The van der Waals surface area contributed by atoms with Gasteiger partial charge in [-0.05, 0) is 25.6 Å². The molecule has 19 heavy (non-hydrogen) atoms. The van der Waals surface area contributed by atoms with Crippen molar-refractivity contribution in [2.75, 3.05) is 7.05 Å². The molecule has 1 aromatic heterocycles. The molecule has 0 saturated carbocycles. The molecular formula is C15H16Cl2N2. The number of aryl methyl sites for hydroxylation is 1. The van der Waals surface area contributed by atoms with Crippen molar-refractivity contribution >= 4 is 23.2 Å². The molecule has 0 bridgehead atoms. The third-order valence-corrected chi connectivity index (χ3v) is 3.44. The highest BCUT2D eigenvalue weighted by atomic mass is 35.5. The smallest absolute Gasteiger partial charge is 0.135 e. The first-order chi connectivity index (χ1) is 9.04. The van der Waals surface area contributed by atoms with Gasteiger partial charge in [-0.25, -0.2) is 4.98 Å². The number of pyridine rings is 1. The fourth-order valence-electron chi connectivity index (χ4n) is 1.91. The highest BCUT2D eigenvalue weighted by molar-refractivity contribution is 6.32. The van der Waals surface area contributed by atoms with E-state index in [0.717, 1.165) is 18.7 Å². The van der Waals surface area contributed by atoms with Gasteiger partial charge in [-0.1, -0.05) is 59.1 Å². The lowest BCUT2D eigenvalue weighted by molar-refractivity contribution is 0.319. The second-order valence-electron chi connectivity index (χ2n) is 4.74. The molecule has 0 fully saturated rings. The van der Waals surface area contributed by atoms with Gasteiger partial charge in [-0.15, -0.1) is 0 Å². The van der Waals surface area contributed by atoms with Crippen molar-refractivity contribution in [2.45, 2.75) is 20.0 Å². The molecule has 0 aliphatic rings. The summed E-state index contributed by atoms with van der Waals surface area (Å²) in [5.74, 6) is 0. The van der Waals surface area contributed by atoms with E-state index in [4.69, 9.17) is 23.2 Å². The van der Waals surface area contributed by atoms with Crippen molar-refractivity contribution < 1.29 is 0 Å². The van der Waals surface area contributed by atoms with E-state index in [0.29, 0.717) is 10.3 Å². The molecule has 0 spiro atoms. The molecular weight excluding hydrogens is 279 g/mol. The maximum absolute atomic E-state index is 6.08. The minimum absolute atomic E-state index is 0.426. The summed E-state index contributed by atoms with van der Waals surface area (Å²) in [5, 5.41) is 0.901. The van der Waals surface area contributed by atoms with Crippen molar-refractivity contribution in [1.82, 2.24) is 9.88 Å². The average molecular weight is 295 g/mol. The maximum atomic E-state index is 6.08. The van der Waals surface area contributed by atoms with Crippen LogP contribution in [0.15, 0.2) is 36.4 Å². The Hall–Kier alpha value is -1.09. The van der Waals surface area contributed by atoms with E-state index in [1.165, 1.54) is 11.1 Å². The van der Waals surface area contributed by atoms with Crippen molar-refractivity contribution in [1.29, 1.82) is 0 Å². The molecule has 1 aromatic carbocycles. The third kappa shape index (κ3) is 4.20. The molecule has 0 saturated heterocycles. The van der Waals surface area contributed by atoms with E-state index in [1.807, 2.05) is 6.07 Å². The summed E-state index contributed by atoms with van der Waals surface area (Å²) in [6, 6.07) is 12.2. The van der Waals surface area contributed by atoms with Crippen LogP contribution in [-0.2, 0) is 13.1 Å². The summed E-state index contributed by atoms with van der Waals surface area (Å²) in [6.45, 7) is 3.71. The predicted octanol–water partition coefficient (Wildman–Crippen LogP) is 4.33. The van der Waals surface area contributed by atoms with Gasteiger partial charge in [0.2, 0.25) is 0 Å². The van der Waals surface area contributed by atoms with Crippen LogP contribution in [-0.4, -0.2) is 16.9 Å². The van der Waals surface area contributed by atoms with Crippen LogP contribution >= 0.6 is 23.2 Å². The number of halogens is 2. The fraction of sp³-hybridized carbons (Fsp3) is 0.267. The number of nitrogens with zero attached hydrogens (tertiary/aromatic N) is 2. The Balaban J connectivity index is 2.01. The van der Waals surface area contributed by atoms with Crippen LogP contribution in [0.1, 0.15) is 16.7 Å². The lowest BCUT2D eigenvalue weighted by atomic mass is 10.1. The van der Waals surface area contributed by atoms with Gasteiger partial charge < -0.3 is 0 Å². The normalized spacial score (nSPS) is 11.0. The molecule has 1 heterocycles. The SMILES string of the molecule is Cc1ccc(CN(C)Cc2ccc(Cl)nc2Cl)cc1. The Morgan fingerprint density at radius 3 is 2.32 bits per heavy atom. The molecule has 0 atom stereocenters. The monoisotopic (exact) mass is 294 g/mol. The molecule has 100 valence electrons. The summed E-state index contributed by atoms with van der Waals surface area (Å²) in [6.07, 6.45) is 0. The van der Waals surface area contributed by atoms with Crippen LogP contribution < -0.4 is 0 Å². The van der Waals surface area contributed by atoms with E-state index in [2.05, 4.69) is 48.1 Å². The summed E-state index contributed by atoms with van der Waals surface area (Å²) in [7, 11) is 2.06. The lowest BCUT2D eigenvalue weighted by Crippen LogP contribution is -2.17. The molecule has 0 unspecified atom stereocenters. The van der Waals surface area contributed by atoms with Crippen molar-refractivity contribution in [2.24, 2.45) is 0 Å². The number of hydrogen-bond donors (Lipinski definition) is 0. The third-order valence-electron chi connectivity index (χ3n) is 2.91. The first kappa shape index (κ1) is 14.3. The second kappa shape index (κ2) is 6.38. The van der Waals surface area contributed by atoms with Crippen LogP contribution in [0.25, 0.3) is 0 Å². The second-order valence-corrected chi connectivity index (χ2v) is 5.49. The number of aromatic nitrogens is 1. The zero-order valence-electron chi connectivity index (χ0n) is 11.0. The molecule has 0 aliphatic heterocycles. The van der Waals surface area contributed by atoms with Crippen molar-refractivity contribution in [3.8, 4) is 0 Å². The molecule has 0 amide bonds. The standard InChI is InChI=1S/C15H16Cl2N2/c1-11-3-5-12(6-4-11)9-19(2)10-13-7-8-14(16)18-15(13)17/h3-8H,9-10H2,1-2H3. The molecule has 4 heteroatoms. The fourth-order valence-corrected chi connectivity index (χ4v) is 2.32. The summed E-state index contributed by atoms with van der Waals surface area (Å²) in [4.78, 5) is 6.25. The topological polar surface area (TPSA) is 16.1 Å². The van der Waals surface area contributed by atoms with Crippen LogP contribution in [0.3, 0.4) is 0 Å². The Kier molecular flexibility index (Phi) is 4.81. The van der Waals surface area contributed by atoms with E-state index in [9.17, 15) is 0 Å². The Bertz CT molecular complexity index is 553. The zero-order chi connectivity index (χ0) is 13.8. The van der Waals surface area contributed by atoms with Gasteiger partial charge in [0.1, 0.15) is 10.3 Å². The average Bonchev–Trinajstić information content (AvgIpc) is 2.36. The first-order valence-electron chi connectivity index (χ1n) is 6.09. The summed E-state index contributed by atoms with van der Waals surface area (Å²) >= 11 is 11.9. The quantitative estimate of drug-likeness (QED) is 0.780.